The Kier molecular flexibility index (Phi) is 3.03. The lowest BCUT2D eigenvalue weighted by Crippen LogP contribution is -2.24. The number of hydrogen-bond donors (Lipinski definition) is 0. The van der Waals surface area contributed by atoms with E-state index >= 15 is 0 Å². The fourth-order valence-electron chi connectivity index (χ4n) is 2.03. The van der Waals surface area contributed by atoms with Crippen LogP contribution in [0.4, 0.5) is 14.6 Å². The van der Waals surface area contributed by atoms with Crippen LogP contribution in [0.2, 0.25) is 0 Å². The van der Waals surface area contributed by atoms with E-state index in [1.54, 1.807) is 0 Å². The molecule has 0 aromatic carbocycles. The Labute approximate surface area is 93.5 Å². The molecular formula is C11H15F2N3. The normalized spacial score (nSPS) is 20.8. The van der Waals surface area contributed by atoms with Gasteiger partial charge in [0.15, 0.2) is 0 Å². The Bertz CT molecular complexity index is 381. The van der Waals surface area contributed by atoms with Gasteiger partial charge in [-0.05, 0) is 20.3 Å². The van der Waals surface area contributed by atoms with Crippen molar-refractivity contribution in [3.8, 4) is 0 Å². The highest BCUT2D eigenvalue weighted by molar-refractivity contribution is 5.48. The first-order chi connectivity index (χ1) is 7.59. The quantitative estimate of drug-likeness (QED) is 0.775. The zero-order chi connectivity index (χ0) is 11.7. The van der Waals surface area contributed by atoms with E-state index in [0.717, 1.165) is 17.1 Å². The van der Waals surface area contributed by atoms with Gasteiger partial charge in [-0.15, -0.1) is 0 Å². The summed E-state index contributed by atoms with van der Waals surface area (Å²) in [4.78, 5) is 10.2. The monoisotopic (exact) mass is 227 g/mol. The molecule has 1 aliphatic heterocycles. The lowest BCUT2D eigenvalue weighted by molar-refractivity contribution is 0.0880. The molecule has 0 radical (unpaired) electrons. The number of rotatable bonds is 2. The molecule has 2 rings (SSSR count). The predicted octanol–water partition coefficient (Wildman–Crippen LogP) is 2.18. The molecule has 0 aliphatic carbocycles. The second kappa shape index (κ2) is 4.31. The molecule has 1 fully saturated rings. The Morgan fingerprint density at radius 2 is 2.12 bits per heavy atom. The Hall–Kier alpha value is -1.26. The van der Waals surface area contributed by atoms with E-state index in [9.17, 15) is 8.78 Å². The molecule has 0 bridgehead atoms. The highest BCUT2D eigenvalue weighted by Crippen LogP contribution is 2.28. The molecule has 3 nitrogen and oxygen atoms in total. The number of aromatic nitrogens is 2. The topological polar surface area (TPSA) is 29.0 Å². The van der Waals surface area contributed by atoms with Gasteiger partial charge in [0.05, 0.1) is 0 Å². The molecule has 0 spiro atoms. The van der Waals surface area contributed by atoms with Crippen LogP contribution in [0.3, 0.4) is 0 Å². The molecule has 1 aromatic heterocycles. The SMILES string of the molecule is Cc1ncnc(N2CCC(C(F)F)C2)c1C. The van der Waals surface area contributed by atoms with Crippen molar-refractivity contribution in [3.63, 3.8) is 0 Å². The summed E-state index contributed by atoms with van der Waals surface area (Å²) in [6.45, 7) is 4.89. The standard InChI is InChI=1S/C11H15F2N3/c1-7-8(2)14-6-15-11(7)16-4-3-9(5-16)10(12)13/h6,9-10H,3-5H2,1-2H3. The molecule has 0 saturated carbocycles. The number of halogens is 2. The number of aryl methyl sites for hydroxylation is 1. The summed E-state index contributed by atoms with van der Waals surface area (Å²) in [5, 5.41) is 0. The number of anilines is 1. The van der Waals surface area contributed by atoms with Crippen molar-refractivity contribution in [1.29, 1.82) is 0 Å². The summed E-state index contributed by atoms with van der Waals surface area (Å²) in [5.41, 5.74) is 1.89. The van der Waals surface area contributed by atoms with Crippen LogP contribution in [-0.4, -0.2) is 29.5 Å². The molecule has 1 aromatic rings. The van der Waals surface area contributed by atoms with Gasteiger partial charge in [0, 0.05) is 30.3 Å². The van der Waals surface area contributed by atoms with Crippen LogP contribution in [0.5, 0.6) is 0 Å². The Balaban J connectivity index is 2.17. The average Bonchev–Trinajstić information content (AvgIpc) is 2.71. The van der Waals surface area contributed by atoms with Gasteiger partial charge in [-0.3, -0.25) is 0 Å². The number of nitrogens with zero attached hydrogens (tertiary/aromatic N) is 3. The molecule has 0 N–H and O–H groups in total. The molecule has 16 heavy (non-hydrogen) atoms. The van der Waals surface area contributed by atoms with Gasteiger partial charge in [0.25, 0.3) is 0 Å². The van der Waals surface area contributed by atoms with Crippen LogP contribution < -0.4 is 4.90 Å². The minimum atomic E-state index is -2.23. The number of hydrogen-bond acceptors (Lipinski definition) is 3. The molecule has 1 unspecified atom stereocenters. The molecule has 2 heterocycles. The van der Waals surface area contributed by atoms with E-state index in [1.165, 1.54) is 6.33 Å². The summed E-state index contributed by atoms with van der Waals surface area (Å²) in [6, 6.07) is 0. The highest BCUT2D eigenvalue weighted by Gasteiger charge is 2.30. The van der Waals surface area contributed by atoms with Crippen molar-refractivity contribution in [2.45, 2.75) is 26.7 Å². The first-order valence-corrected chi connectivity index (χ1v) is 5.41. The van der Waals surface area contributed by atoms with Crippen molar-refractivity contribution >= 4 is 5.82 Å². The first kappa shape index (κ1) is 11.2. The highest BCUT2D eigenvalue weighted by atomic mass is 19.3. The van der Waals surface area contributed by atoms with Gasteiger partial charge in [0.2, 0.25) is 6.43 Å². The van der Waals surface area contributed by atoms with Gasteiger partial charge in [-0.2, -0.15) is 0 Å². The fraction of sp³-hybridized carbons (Fsp3) is 0.636. The minimum absolute atomic E-state index is 0.398. The minimum Gasteiger partial charge on any atom is -0.356 e. The van der Waals surface area contributed by atoms with E-state index in [-0.39, 0.29) is 0 Å². The van der Waals surface area contributed by atoms with Crippen LogP contribution in [0, 0.1) is 19.8 Å². The maximum absolute atomic E-state index is 12.5. The molecule has 1 saturated heterocycles. The zero-order valence-corrected chi connectivity index (χ0v) is 9.45. The third-order valence-corrected chi connectivity index (χ3v) is 3.19. The van der Waals surface area contributed by atoms with E-state index in [1.807, 2.05) is 18.7 Å². The second-order valence-corrected chi connectivity index (χ2v) is 4.24. The Morgan fingerprint density at radius 1 is 1.38 bits per heavy atom. The predicted molar refractivity (Wildman–Crippen MR) is 57.8 cm³/mol. The van der Waals surface area contributed by atoms with Crippen molar-refractivity contribution in [2.75, 3.05) is 18.0 Å². The van der Waals surface area contributed by atoms with Gasteiger partial charge >= 0.3 is 0 Å². The second-order valence-electron chi connectivity index (χ2n) is 4.24. The summed E-state index contributed by atoms with van der Waals surface area (Å²) < 4.78 is 25.1. The number of alkyl halides is 2. The van der Waals surface area contributed by atoms with Crippen molar-refractivity contribution in [2.24, 2.45) is 5.92 Å². The van der Waals surface area contributed by atoms with Crippen LogP contribution in [0.15, 0.2) is 6.33 Å². The van der Waals surface area contributed by atoms with Crippen LogP contribution in [0.25, 0.3) is 0 Å². The lowest BCUT2D eigenvalue weighted by Gasteiger charge is -2.19. The summed E-state index contributed by atoms with van der Waals surface area (Å²) >= 11 is 0. The third-order valence-electron chi connectivity index (χ3n) is 3.19. The smallest absolute Gasteiger partial charge is 0.243 e. The largest absolute Gasteiger partial charge is 0.356 e. The molecule has 5 heteroatoms. The zero-order valence-electron chi connectivity index (χ0n) is 9.45. The van der Waals surface area contributed by atoms with Crippen molar-refractivity contribution < 1.29 is 8.78 Å². The maximum Gasteiger partial charge on any atom is 0.243 e. The van der Waals surface area contributed by atoms with E-state index < -0.39 is 12.3 Å². The first-order valence-electron chi connectivity index (χ1n) is 5.41. The van der Waals surface area contributed by atoms with Crippen molar-refractivity contribution in [1.82, 2.24) is 9.97 Å². The molecule has 0 amide bonds. The molecule has 88 valence electrons. The van der Waals surface area contributed by atoms with E-state index in [2.05, 4.69) is 9.97 Å². The van der Waals surface area contributed by atoms with Crippen LogP contribution in [-0.2, 0) is 0 Å². The van der Waals surface area contributed by atoms with Gasteiger partial charge < -0.3 is 4.90 Å². The fourth-order valence-corrected chi connectivity index (χ4v) is 2.03. The van der Waals surface area contributed by atoms with Gasteiger partial charge in [-0.25, -0.2) is 18.7 Å². The van der Waals surface area contributed by atoms with E-state index in [0.29, 0.717) is 19.5 Å². The lowest BCUT2D eigenvalue weighted by atomic mass is 10.1. The molecular weight excluding hydrogens is 212 g/mol. The van der Waals surface area contributed by atoms with Crippen LogP contribution in [0.1, 0.15) is 17.7 Å². The molecule has 1 atom stereocenters. The summed E-state index contributed by atoms with van der Waals surface area (Å²) in [6.07, 6.45) is -0.193. The van der Waals surface area contributed by atoms with Gasteiger partial charge in [0.1, 0.15) is 12.1 Å². The van der Waals surface area contributed by atoms with Crippen molar-refractivity contribution in [3.05, 3.63) is 17.6 Å². The molecule has 1 aliphatic rings. The third kappa shape index (κ3) is 1.99. The van der Waals surface area contributed by atoms with Gasteiger partial charge in [-0.1, -0.05) is 0 Å². The van der Waals surface area contributed by atoms with Crippen LogP contribution >= 0.6 is 0 Å². The Morgan fingerprint density at radius 3 is 2.75 bits per heavy atom. The summed E-state index contributed by atoms with van der Waals surface area (Å²) in [5.74, 6) is 0.283. The summed E-state index contributed by atoms with van der Waals surface area (Å²) in [7, 11) is 0. The average molecular weight is 227 g/mol. The van der Waals surface area contributed by atoms with E-state index in [4.69, 9.17) is 0 Å². The maximum atomic E-state index is 12.5.